The molecule has 0 spiro atoms. The van der Waals surface area contributed by atoms with Crippen LogP contribution in [-0.2, 0) is 20.7 Å². The largest absolute Gasteiger partial charge is 0.457 e. The van der Waals surface area contributed by atoms with Gasteiger partial charge in [-0.2, -0.15) is 0 Å². The van der Waals surface area contributed by atoms with E-state index in [0.29, 0.717) is 47.7 Å². The highest BCUT2D eigenvalue weighted by Gasteiger charge is 2.43. The Morgan fingerprint density at radius 1 is 0.886 bits per heavy atom. The number of nitrogens with zero attached hydrogens (tertiary/aromatic N) is 3. The Balaban J connectivity index is 1.41. The molecule has 3 N–H and O–H groups in total. The Hall–Kier alpha value is -4.25. The lowest BCUT2D eigenvalue weighted by molar-refractivity contribution is -0.174. The Kier molecular flexibility index (Phi) is 8.92. The summed E-state index contributed by atoms with van der Waals surface area (Å²) < 4.78 is 12.1. The number of hydrazine groups is 1. The van der Waals surface area contributed by atoms with Crippen LogP contribution in [0.4, 0.5) is 5.69 Å². The van der Waals surface area contributed by atoms with E-state index in [4.69, 9.17) is 15.3 Å². The van der Waals surface area contributed by atoms with Crippen LogP contribution in [-0.4, -0.2) is 63.8 Å². The van der Waals surface area contributed by atoms with Crippen LogP contribution in [0, 0.1) is 0 Å². The van der Waals surface area contributed by atoms with Gasteiger partial charge in [0.1, 0.15) is 17.5 Å². The summed E-state index contributed by atoms with van der Waals surface area (Å²) in [7, 11) is 0. The minimum atomic E-state index is -1.58. The number of ether oxygens (including phenoxy) is 2. The molecular formula is C34H38N4O6. The Morgan fingerprint density at radius 3 is 2.41 bits per heavy atom. The van der Waals surface area contributed by atoms with Gasteiger partial charge in [0.2, 0.25) is 0 Å². The third-order valence-corrected chi connectivity index (χ3v) is 8.80. The van der Waals surface area contributed by atoms with Gasteiger partial charge < -0.3 is 19.5 Å². The van der Waals surface area contributed by atoms with E-state index < -0.39 is 30.4 Å². The minimum Gasteiger partial charge on any atom is -0.457 e. The van der Waals surface area contributed by atoms with Gasteiger partial charge in [0.05, 0.1) is 5.69 Å². The summed E-state index contributed by atoms with van der Waals surface area (Å²) in [5.41, 5.74) is 1.35. The van der Waals surface area contributed by atoms with Crippen LogP contribution < -0.4 is 15.6 Å². The van der Waals surface area contributed by atoms with Gasteiger partial charge in [0.25, 0.3) is 11.8 Å². The van der Waals surface area contributed by atoms with Crippen molar-refractivity contribution in [1.82, 2.24) is 9.80 Å². The zero-order valence-electron chi connectivity index (χ0n) is 24.6. The van der Waals surface area contributed by atoms with Crippen LogP contribution in [0.25, 0.3) is 0 Å². The van der Waals surface area contributed by atoms with Crippen molar-refractivity contribution < 1.29 is 29.0 Å². The first-order valence-corrected chi connectivity index (χ1v) is 15.4. The molecular weight excluding hydrogens is 560 g/mol. The lowest BCUT2D eigenvalue weighted by Gasteiger charge is -2.40. The quantitative estimate of drug-likeness (QED) is 0.252. The van der Waals surface area contributed by atoms with Crippen molar-refractivity contribution in [2.45, 2.75) is 75.9 Å². The number of carbonyl (C=O) groups is 3. The third kappa shape index (κ3) is 6.19. The maximum Gasteiger partial charge on any atom is 0.330 e. The SMILES string of the molecule is NN1C(=O)C(O)N2CCCC2OC(=O)C(N(C(=O)c2cccc(Oc3ccccc3)c2)C2CCCCC2)Cc2ccccc21. The van der Waals surface area contributed by atoms with Crippen molar-refractivity contribution >= 4 is 23.5 Å². The topological polar surface area (TPSA) is 126 Å². The van der Waals surface area contributed by atoms with Gasteiger partial charge in [-0.1, -0.05) is 61.7 Å². The first-order valence-electron chi connectivity index (χ1n) is 15.4. The molecule has 2 amide bonds. The average molecular weight is 599 g/mol. The Morgan fingerprint density at radius 2 is 1.61 bits per heavy atom. The molecule has 3 aliphatic rings. The second-order valence-corrected chi connectivity index (χ2v) is 11.6. The molecule has 3 aromatic carbocycles. The molecule has 2 aliphatic heterocycles. The molecule has 3 unspecified atom stereocenters. The van der Waals surface area contributed by atoms with Crippen LogP contribution in [0.15, 0.2) is 78.9 Å². The highest BCUT2D eigenvalue weighted by atomic mass is 16.6. The van der Waals surface area contributed by atoms with Gasteiger partial charge in [-0.15, -0.1) is 0 Å². The van der Waals surface area contributed by atoms with Gasteiger partial charge in [-0.05, 0) is 67.6 Å². The first-order chi connectivity index (χ1) is 21.4. The van der Waals surface area contributed by atoms with Crippen LogP contribution in [0.1, 0.15) is 60.9 Å². The fourth-order valence-corrected chi connectivity index (χ4v) is 6.57. The number of nitrogens with two attached hydrogens (primary N) is 1. The van der Waals surface area contributed by atoms with Gasteiger partial charge in [0.15, 0.2) is 12.5 Å². The van der Waals surface area contributed by atoms with E-state index in [0.717, 1.165) is 37.1 Å². The molecule has 6 rings (SSSR count). The molecule has 2 heterocycles. The van der Waals surface area contributed by atoms with Gasteiger partial charge in [-0.25, -0.2) is 20.5 Å². The first kappa shape index (κ1) is 29.8. The third-order valence-electron chi connectivity index (χ3n) is 8.80. The summed E-state index contributed by atoms with van der Waals surface area (Å²) in [5, 5.41) is 11.9. The van der Waals surface area contributed by atoms with Gasteiger partial charge >= 0.3 is 5.97 Å². The van der Waals surface area contributed by atoms with E-state index in [1.165, 1.54) is 4.90 Å². The summed E-state index contributed by atoms with van der Waals surface area (Å²) in [6.45, 7) is 0.366. The van der Waals surface area contributed by atoms with Crippen molar-refractivity contribution in [2.75, 3.05) is 11.6 Å². The molecule has 230 valence electrons. The van der Waals surface area contributed by atoms with Crippen molar-refractivity contribution in [3.8, 4) is 11.5 Å². The second-order valence-electron chi connectivity index (χ2n) is 11.6. The molecule has 0 radical (unpaired) electrons. The number of esters is 1. The molecule has 10 nitrogen and oxygen atoms in total. The molecule has 44 heavy (non-hydrogen) atoms. The van der Waals surface area contributed by atoms with E-state index in [-0.39, 0.29) is 18.4 Å². The molecule has 3 atom stereocenters. The summed E-state index contributed by atoms with van der Waals surface area (Å²) in [6.07, 6.45) is 3.24. The van der Waals surface area contributed by atoms with Crippen molar-refractivity contribution in [3.05, 3.63) is 90.0 Å². The zero-order chi connectivity index (χ0) is 30.6. The summed E-state index contributed by atoms with van der Waals surface area (Å²) >= 11 is 0. The van der Waals surface area contributed by atoms with Crippen molar-refractivity contribution in [1.29, 1.82) is 0 Å². The van der Waals surface area contributed by atoms with E-state index >= 15 is 0 Å². The predicted octanol–water partition coefficient (Wildman–Crippen LogP) is 4.37. The number of hydrogen-bond acceptors (Lipinski definition) is 8. The van der Waals surface area contributed by atoms with E-state index in [1.54, 1.807) is 53.4 Å². The maximum atomic E-state index is 14.5. The van der Waals surface area contributed by atoms with E-state index in [1.807, 2.05) is 30.3 Å². The van der Waals surface area contributed by atoms with Crippen LogP contribution >= 0.6 is 0 Å². The molecule has 1 saturated heterocycles. The van der Waals surface area contributed by atoms with Gasteiger partial charge in [0, 0.05) is 24.6 Å². The lowest BCUT2D eigenvalue weighted by atomic mass is 9.91. The number of rotatable bonds is 5. The van der Waals surface area contributed by atoms with E-state index in [2.05, 4.69) is 0 Å². The number of hydrogen-bond donors (Lipinski definition) is 2. The van der Waals surface area contributed by atoms with Crippen LogP contribution in [0.5, 0.6) is 11.5 Å². The summed E-state index contributed by atoms with van der Waals surface area (Å²) in [6, 6.07) is 22.1. The summed E-state index contributed by atoms with van der Waals surface area (Å²) in [5.74, 6) is 5.88. The summed E-state index contributed by atoms with van der Waals surface area (Å²) in [4.78, 5) is 45.2. The smallest absolute Gasteiger partial charge is 0.330 e. The molecule has 3 aromatic rings. The molecule has 0 aromatic heterocycles. The number of para-hydroxylation sites is 2. The monoisotopic (exact) mass is 598 g/mol. The van der Waals surface area contributed by atoms with E-state index in [9.17, 15) is 19.5 Å². The fourth-order valence-electron chi connectivity index (χ4n) is 6.57. The highest BCUT2D eigenvalue weighted by Crippen LogP contribution is 2.33. The molecule has 1 saturated carbocycles. The number of anilines is 1. The number of fused-ring (bicyclic) bond motifs is 2. The van der Waals surface area contributed by atoms with Crippen LogP contribution in [0.3, 0.4) is 0 Å². The maximum absolute atomic E-state index is 14.5. The standard InChI is InChI=1S/C34H38N4O6/c35-38-28-18-8-7-11-23(28)22-29(34(42)44-30-19-10-20-36(30)32(40)33(38)41)37(25-13-3-1-4-14-25)31(39)24-12-9-17-27(21-24)43-26-15-5-2-6-16-26/h2,5-9,11-12,15-18,21,25,29-30,32,40H,1,3-4,10,13-14,19-20,22,35H2. The number of benzene rings is 3. The molecule has 1 aliphatic carbocycles. The lowest BCUT2D eigenvalue weighted by Crippen LogP contribution is -2.55. The number of aliphatic hydroxyl groups is 1. The fraction of sp³-hybridized carbons (Fsp3) is 0.382. The number of carbonyl (C=O) groups excluding carboxylic acids is 3. The Bertz CT molecular complexity index is 1490. The van der Waals surface area contributed by atoms with Crippen LogP contribution in [0.2, 0.25) is 0 Å². The normalized spacial score (nSPS) is 23.2. The Labute approximate surface area is 256 Å². The van der Waals surface area contributed by atoms with Crippen molar-refractivity contribution in [3.63, 3.8) is 0 Å². The zero-order valence-corrected chi connectivity index (χ0v) is 24.6. The molecule has 10 heteroatoms. The molecule has 2 fully saturated rings. The highest BCUT2D eigenvalue weighted by molar-refractivity contribution is 5.98. The minimum absolute atomic E-state index is 0.0846. The number of aliphatic hydroxyl groups excluding tert-OH is 1. The number of amides is 2. The second kappa shape index (κ2) is 13.2. The average Bonchev–Trinajstić information content (AvgIpc) is 3.52. The molecule has 0 bridgehead atoms. The van der Waals surface area contributed by atoms with Crippen molar-refractivity contribution in [2.24, 2.45) is 5.84 Å². The van der Waals surface area contributed by atoms with Gasteiger partial charge in [-0.3, -0.25) is 9.59 Å². The predicted molar refractivity (Wildman–Crippen MR) is 163 cm³/mol.